The van der Waals surface area contributed by atoms with Gasteiger partial charge in [-0.05, 0) is 18.8 Å². The predicted molar refractivity (Wildman–Crippen MR) is 90.4 cm³/mol. The van der Waals surface area contributed by atoms with Crippen molar-refractivity contribution in [1.29, 1.82) is 0 Å². The first-order valence-corrected chi connectivity index (χ1v) is 8.55. The topological polar surface area (TPSA) is 49.4 Å². The van der Waals surface area contributed by atoms with Gasteiger partial charge < -0.3 is 10.2 Å². The third-order valence-electron chi connectivity index (χ3n) is 4.18. The summed E-state index contributed by atoms with van der Waals surface area (Å²) in [6.45, 7) is 15.3. The standard InChI is InChI=1S/C18H34N2O2/c1-8-9-13-10-14(19-15(21)17(2,3)4)12-20(11-13)16(22)18(5,6)7/h13-14H,8-12H2,1-7H3,(H,19,21). The second-order valence-electron chi connectivity index (χ2n) is 8.77. The average molecular weight is 310 g/mol. The van der Waals surface area contributed by atoms with E-state index in [2.05, 4.69) is 12.2 Å². The monoisotopic (exact) mass is 310 g/mol. The molecule has 0 bridgehead atoms. The summed E-state index contributed by atoms with van der Waals surface area (Å²) in [6, 6.07) is 0.0725. The van der Waals surface area contributed by atoms with Gasteiger partial charge in [0, 0.05) is 30.0 Å². The zero-order valence-electron chi connectivity index (χ0n) is 15.5. The van der Waals surface area contributed by atoms with Crippen molar-refractivity contribution >= 4 is 11.8 Å². The van der Waals surface area contributed by atoms with Crippen LogP contribution in [0.2, 0.25) is 0 Å². The Labute approximate surface area is 136 Å². The number of rotatable bonds is 3. The molecule has 2 unspecified atom stereocenters. The molecular weight excluding hydrogens is 276 g/mol. The molecule has 1 N–H and O–H groups in total. The molecule has 2 amide bonds. The van der Waals surface area contributed by atoms with Crippen LogP contribution in [0.5, 0.6) is 0 Å². The van der Waals surface area contributed by atoms with Crippen LogP contribution >= 0.6 is 0 Å². The van der Waals surface area contributed by atoms with Crippen LogP contribution in [-0.4, -0.2) is 35.8 Å². The molecule has 0 aromatic heterocycles. The van der Waals surface area contributed by atoms with E-state index >= 15 is 0 Å². The quantitative estimate of drug-likeness (QED) is 0.870. The molecule has 1 aliphatic rings. The molecule has 0 radical (unpaired) electrons. The third-order valence-corrected chi connectivity index (χ3v) is 4.18. The van der Waals surface area contributed by atoms with Crippen LogP contribution in [0.1, 0.15) is 67.7 Å². The predicted octanol–water partition coefficient (Wildman–Crippen LogP) is 3.21. The molecule has 2 atom stereocenters. The maximum Gasteiger partial charge on any atom is 0.228 e. The molecule has 1 heterocycles. The summed E-state index contributed by atoms with van der Waals surface area (Å²) in [4.78, 5) is 26.8. The number of piperidine rings is 1. The van der Waals surface area contributed by atoms with Crippen molar-refractivity contribution in [2.45, 2.75) is 73.8 Å². The van der Waals surface area contributed by atoms with Crippen molar-refractivity contribution in [3.05, 3.63) is 0 Å². The average Bonchev–Trinajstić information content (AvgIpc) is 2.35. The summed E-state index contributed by atoms with van der Waals surface area (Å²) in [5.74, 6) is 0.733. The van der Waals surface area contributed by atoms with Gasteiger partial charge in [0.05, 0.1) is 0 Å². The van der Waals surface area contributed by atoms with Gasteiger partial charge in [-0.2, -0.15) is 0 Å². The maximum atomic E-state index is 12.6. The highest BCUT2D eigenvalue weighted by atomic mass is 16.2. The summed E-state index contributed by atoms with van der Waals surface area (Å²) in [5, 5.41) is 3.15. The first kappa shape index (κ1) is 19.0. The van der Waals surface area contributed by atoms with Gasteiger partial charge in [0.25, 0.3) is 0 Å². The summed E-state index contributed by atoms with van der Waals surface area (Å²) < 4.78 is 0. The minimum absolute atomic E-state index is 0.0674. The molecule has 1 aliphatic heterocycles. The second-order valence-corrected chi connectivity index (χ2v) is 8.77. The molecule has 0 saturated carbocycles. The van der Waals surface area contributed by atoms with Gasteiger partial charge in [0.15, 0.2) is 0 Å². The van der Waals surface area contributed by atoms with E-state index in [1.807, 2.05) is 46.4 Å². The van der Waals surface area contributed by atoms with Gasteiger partial charge in [0.1, 0.15) is 0 Å². The van der Waals surface area contributed by atoms with E-state index in [0.717, 1.165) is 25.8 Å². The molecule has 22 heavy (non-hydrogen) atoms. The first-order valence-electron chi connectivity index (χ1n) is 8.55. The van der Waals surface area contributed by atoms with Crippen LogP contribution in [0.3, 0.4) is 0 Å². The normalized spacial score (nSPS) is 23.3. The molecule has 1 rings (SSSR count). The zero-order chi connectivity index (χ0) is 17.1. The van der Waals surface area contributed by atoms with Crippen LogP contribution in [0.15, 0.2) is 0 Å². The van der Waals surface area contributed by atoms with E-state index in [4.69, 9.17) is 0 Å². The Bertz CT molecular complexity index is 404. The van der Waals surface area contributed by atoms with Gasteiger partial charge in [-0.3, -0.25) is 9.59 Å². The maximum absolute atomic E-state index is 12.6. The van der Waals surface area contributed by atoms with Crippen LogP contribution in [-0.2, 0) is 9.59 Å². The Kier molecular flexibility index (Phi) is 6.05. The van der Waals surface area contributed by atoms with Gasteiger partial charge in [0.2, 0.25) is 11.8 Å². The lowest BCUT2D eigenvalue weighted by Crippen LogP contribution is -2.56. The SMILES string of the molecule is CCCC1CC(NC(=O)C(C)(C)C)CN(C(=O)C(C)(C)C)C1. The van der Waals surface area contributed by atoms with E-state index in [9.17, 15) is 9.59 Å². The molecule has 4 nitrogen and oxygen atoms in total. The first-order chi connectivity index (χ1) is 9.95. The Hall–Kier alpha value is -1.06. The lowest BCUT2D eigenvalue weighted by atomic mass is 9.86. The zero-order valence-corrected chi connectivity index (χ0v) is 15.5. The van der Waals surface area contributed by atoms with E-state index in [1.54, 1.807) is 0 Å². The molecule has 1 saturated heterocycles. The Morgan fingerprint density at radius 2 is 1.64 bits per heavy atom. The van der Waals surface area contributed by atoms with Gasteiger partial charge >= 0.3 is 0 Å². The minimum Gasteiger partial charge on any atom is -0.351 e. The lowest BCUT2D eigenvalue weighted by molar-refractivity contribution is -0.143. The van der Waals surface area contributed by atoms with Crippen molar-refractivity contribution in [3.63, 3.8) is 0 Å². The fourth-order valence-electron chi connectivity index (χ4n) is 2.97. The van der Waals surface area contributed by atoms with Gasteiger partial charge in [-0.25, -0.2) is 0 Å². The molecule has 0 aromatic rings. The van der Waals surface area contributed by atoms with Crippen LogP contribution in [0.25, 0.3) is 0 Å². The van der Waals surface area contributed by atoms with Crippen molar-refractivity contribution in [2.75, 3.05) is 13.1 Å². The fourth-order valence-corrected chi connectivity index (χ4v) is 2.97. The number of hydrogen-bond donors (Lipinski definition) is 1. The number of nitrogens with zero attached hydrogens (tertiary/aromatic N) is 1. The fraction of sp³-hybridized carbons (Fsp3) is 0.889. The minimum atomic E-state index is -0.392. The summed E-state index contributed by atoms with van der Waals surface area (Å²) in [5.41, 5.74) is -0.761. The molecule has 4 heteroatoms. The third kappa shape index (κ3) is 5.29. The molecule has 0 spiro atoms. The van der Waals surface area contributed by atoms with Crippen LogP contribution < -0.4 is 5.32 Å². The number of amides is 2. The van der Waals surface area contributed by atoms with Gasteiger partial charge in [-0.1, -0.05) is 54.9 Å². The van der Waals surface area contributed by atoms with E-state index < -0.39 is 5.41 Å². The number of likely N-dealkylation sites (tertiary alicyclic amines) is 1. The highest BCUT2D eigenvalue weighted by molar-refractivity contribution is 5.83. The van der Waals surface area contributed by atoms with Crippen molar-refractivity contribution in [3.8, 4) is 0 Å². The smallest absolute Gasteiger partial charge is 0.228 e. The molecule has 1 fully saturated rings. The lowest BCUT2D eigenvalue weighted by Gasteiger charge is -2.41. The van der Waals surface area contributed by atoms with Crippen molar-refractivity contribution in [2.24, 2.45) is 16.7 Å². The summed E-state index contributed by atoms with van der Waals surface area (Å²) in [6.07, 6.45) is 3.20. The van der Waals surface area contributed by atoms with Crippen molar-refractivity contribution in [1.82, 2.24) is 10.2 Å². The number of carbonyl (C=O) groups is 2. The molecule has 0 aromatic carbocycles. The largest absolute Gasteiger partial charge is 0.351 e. The molecular formula is C18H34N2O2. The Morgan fingerprint density at radius 1 is 1.05 bits per heavy atom. The number of carbonyl (C=O) groups excluding carboxylic acids is 2. The Balaban J connectivity index is 2.81. The van der Waals surface area contributed by atoms with Crippen molar-refractivity contribution < 1.29 is 9.59 Å². The van der Waals surface area contributed by atoms with Crippen LogP contribution in [0.4, 0.5) is 0 Å². The van der Waals surface area contributed by atoms with E-state index in [-0.39, 0.29) is 23.3 Å². The second kappa shape index (κ2) is 7.01. The molecule has 0 aliphatic carbocycles. The Morgan fingerprint density at radius 3 is 2.09 bits per heavy atom. The van der Waals surface area contributed by atoms with E-state index in [1.165, 1.54) is 0 Å². The molecule has 128 valence electrons. The van der Waals surface area contributed by atoms with Crippen LogP contribution in [0, 0.1) is 16.7 Å². The number of nitrogens with one attached hydrogen (secondary N) is 1. The summed E-state index contributed by atoms with van der Waals surface area (Å²) in [7, 11) is 0. The van der Waals surface area contributed by atoms with Gasteiger partial charge in [-0.15, -0.1) is 0 Å². The number of hydrogen-bond acceptors (Lipinski definition) is 2. The highest BCUT2D eigenvalue weighted by Crippen LogP contribution is 2.26. The summed E-state index contributed by atoms with van der Waals surface area (Å²) >= 11 is 0. The van der Waals surface area contributed by atoms with E-state index in [0.29, 0.717) is 12.5 Å². The highest BCUT2D eigenvalue weighted by Gasteiger charge is 2.35.